The first-order valence-electron chi connectivity index (χ1n) is 7.28. The van der Waals surface area contributed by atoms with Gasteiger partial charge in [-0.05, 0) is 36.4 Å². The van der Waals surface area contributed by atoms with Gasteiger partial charge in [0.25, 0.3) is 0 Å². The number of methoxy groups -OCH3 is 1. The summed E-state index contributed by atoms with van der Waals surface area (Å²) in [6, 6.07) is 15.2. The molecular formula is C18H16N2O3S. The maximum Gasteiger partial charge on any atom is 0.131 e. The van der Waals surface area contributed by atoms with E-state index < -0.39 is 0 Å². The smallest absolute Gasteiger partial charge is 0.131 e. The van der Waals surface area contributed by atoms with Gasteiger partial charge < -0.3 is 14.7 Å². The zero-order valence-electron chi connectivity index (χ0n) is 13.0. The second-order valence-corrected chi connectivity index (χ2v) is 5.80. The lowest BCUT2D eigenvalue weighted by Crippen LogP contribution is -1.98. The molecule has 0 atom stereocenters. The predicted molar refractivity (Wildman–Crippen MR) is 94.3 cm³/mol. The Morgan fingerprint density at radius 2 is 1.96 bits per heavy atom. The molecule has 5 nitrogen and oxygen atoms in total. The molecule has 0 bridgehead atoms. The maximum absolute atomic E-state index is 8.69. The van der Waals surface area contributed by atoms with Crippen molar-refractivity contribution in [2.75, 3.05) is 7.11 Å². The van der Waals surface area contributed by atoms with Crippen molar-refractivity contribution in [2.24, 2.45) is 5.16 Å². The van der Waals surface area contributed by atoms with Gasteiger partial charge in [-0.2, -0.15) is 0 Å². The Hall–Kier alpha value is -2.86. The molecule has 3 aromatic rings. The molecule has 6 heteroatoms. The Morgan fingerprint density at radius 1 is 1.17 bits per heavy atom. The molecule has 0 unspecified atom stereocenters. The zero-order chi connectivity index (χ0) is 16.8. The van der Waals surface area contributed by atoms with E-state index in [2.05, 4.69) is 10.1 Å². The molecule has 0 aliphatic heterocycles. The van der Waals surface area contributed by atoms with Crippen LogP contribution in [0.15, 0.2) is 59.1 Å². The van der Waals surface area contributed by atoms with Crippen molar-refractivity contribution in [3.8, 4) is 22.1 Å². The number of para-hydroxylation sites is 1. The zero-order valence-corrected chi connectivity index (χ0v) is 13.9. The summed E-state index contributed by atoms with van der Waals surface area (Å²) < 4.78 is 10.9. The van der Waals surface area contributed by atoms with Gasteiger partial charge in [-0.25, -0.2) is 4.98 Å². The fourth-order valence-electron chi connectivity index (χ4n) is 2.17. The third-order valence-electron chi connectivity index (χ3n) is 3.38. The van der Waals surface area contributed by atoms with Crippen LogP contribution in [-0.4, -0.2) is 23.5 Å². The fourth-order valence-corrected chi connectivity index (χ4v) is 2.98. The quantitative estimate of drug-likeness (QED) is 0.415. The molecule has 2 aromatic carbocycles. The van der Waals surface area contributed by atoms with Crippen LogP contribution < -0.4 is 9.47 Å². The Kier molecular flexibility index (Phi) is 5.08. The van der Waals surface area contributed by atoms with E-state index in [0.29, 0.717) is 17.9 Å². The summed E-state index contributed by atoms with van der Waals surface area (Å²) in [5, 5.41) is 14.6. The van der Waals surface area contributed by atoms with Gasteiger partial charge in [-0.3, -0.25) is 0 Å². The van der Waals surface area contributed by atoms with Gasteiger partial charge in [-0.15, -0.1) is 11.3 Å². The van der Waals surface area contributed by atoms with Crippen LogP contribution in [0.25, 0.3) is 10.6 Å². The van der Waals surface area contributed by atoms with Crippen LogP contribution in [0.1, 0.15) is 11.3 Å². The summed E-state index contributed by atoms with van der Waals surface area (Å²) in [4.78, 5) is 4.60. The van der Waals surface area contributed by atoms with Gasteiger partial charge in [-0.1, -0.05) is 17.3 Å². The van der Waals surface area contributed by atoms with Crippen LogP contribution >= 0.6 is 11.3 Å². The monoisotopic (exact) mass is 340 g/mol. The summed E-state index contributed by atoms with van der Waals surface area (Å²) in [7, 11) is 1.65. The molecule has 0 radical (unpaired) electrons. The normalized spacial score (nSPS) is 10.9. The summed E-state index contributed by atoms with van der Waals surface area (Å²) in [5.74, 6) is 1.47. The van der Waals surface area contributed by atoms with E-state index in [1.54, 1.807) is 18.4 Å². The number of ether oxygens (including phenoxy) is 2. The molecule has 24 heavy (non-hydrogen) atoms. The van der Waals surface area contributed by atoms with Gasteiger partial charge in [0.1, 0.15) is 23.1 Å². The molecule has 122 valence electrons. The van der Waals surface area contributed by atoms with Crippen molar-refractivity contribution in [3.05, 3.63) is 65.2 Å². The lowest BCUT2D eigenvalue weighted by molar-refractivity contribution is 0.300. The molecule has 3 rings (SSSR count). The van der Waals surface area contributed by atoms with Gasteiger partial charge in [0.2, 0.25) is 0 Å². The minimum Gasteiger partial charge on any atom is -0.497 e. The van der Waals surface area contributed by atoms with Crippen molar-refractivity contribution in [2.45, 2.75) is 6.61 Å². The molecule has 0 aliphatic carbocycles. The first-order valence-corrected chi connectivity index (χ1v) is 8.16. The van der Waals surface area contributed by atoms with Crippen LogP contribution in [0.4, 0.5) is 0 Å². The molecule has 0 spiro atoms. The van der Waals surface area contributed by atoms with Crippen molar-refractivity contribution < 1.29 is 14.7 Å². The van der Waals surface area contributed by atoms with Crippen LogP contribution in [0.3, 0.4) is 0 Å². The van der Waals surface area contributed by atoms with Gasteiger partial charge in [0, 0.05) is 16.5 Å². The number of thiazole rings is 1. The standard InChI is InChI=1S/C18H16N2O3S/c1-22-16-8-6-13(7-9-16)18-20-15(12-24-18)11-23-17-5-3-2-4-14(17)10-19-21/h2-10,12,21H,11H2,1H3. The van der Waals surface area contributed by atoms with Crippen LogP contribution in [0.2, 0.25) is 0 Å². The van der Waals surface area contributed by atoms with Crippen LogP contribution in [0.5, 0.6) is 11.5 Å². The largest absolute Gasteiger partial charge is 0.497 e. The van der Waals surface area contributed by atoms with Crippen molar-refractivity contribution >= 4 is 17.6 Å². The Morgan fingerprint density at radius 3 is 2.71 bits per heavy atom. The Bertz CT molecular complexity index is 828. The second-order valence-electron chi connectivity index (χ2n) is 4.94. The number of nitrogens with zero attached hydrogens (tertiary/aromatic N) is 2. The minimum atomic E-state index is 0.350. The Labute approximate surface area is 143 Å². The maximum atomic E-state index is 8.69. The van der Waals surface area contributed by atoms with E-state index in [0.717, 1.165) is 22.0 Å². The number of aromatic nitrogens is 1. The first-order chi connectivity index (χ1) is 11.8. The molecule has 0 fully saturated rings. The van der Waals surface area contributed by atoms with Gasteiger partial charge >= 0.3 is 0 Å². The summed E-state index contributed by atoms with van der Waals surface area (Å²) in [6.45, 7) is 0.350. The number of hydrogen-bond acceptors (Lipinski definition) is 6. The van der Waals surface area contributed by atoms with E-state index >= 15 is 0 Å². The highest BCUT2D eigenvalue weighted by Gasteiger charge is 2.07. The minimum absolute atomic E-state index is 0.350. The molecule has 1 aromatic heterocycles. The lowest BCUT2D eigenvalue weighted by Gasteiger charge is -2.06. The number of hydrogen-bond donors (Lipinski definition) is 1. The van der Waals surface area contributed by atoms with Gasteiger partial charge in [0.15, 0.2) is 0 Å². The molecule has 0 saturated heterocycles. The topological polar surface area (TPSA) is 63.9 Å². The molecule has 0 aliphatic rings. The van der Waals surface area contributed by atoms with Crippen molar-refractivity contribution in [3.63, 3.8) is 0 Å². The predicted octanol–water partition coefficient (Wildman–Crippen LogP) is 4.21. The molecule has 0 saturated carbocycles. The van der Waals surface area contributed by atoms with Crippen LogP contribution in [-0.2, 0) is 6.61 Å². The summed E-state index contributed by atoms with van der Waals surface area (Å²) in [5.41, 5.74) is 2.60. The van der Waals surface area contributed by atoms with E-state index in [4.69, 9.17) is 14.7 Å². The van der Waals surface area contributed by atoms with E-state index in [-0.39, 0.29) is 0 Å². The van der Waals surface area contributed by atoms with Crippen molar-refractivity contribution in [1.82, 2.24) is 4.98 Å². The molecular weight excluding hydrogens is 324 g/mol. The average molecular weight is 340 g/mol. The molecule has 1 heterocycles. The average Bonchev–Trinajstić information content (AvgIpc) is 3.10. The van der Waals surface area contributed by atoms with Crippen molar-refractivity contribution in [1.29, 1.82) is 0 Å². The lowest BCUT2D eigenvalue weighted by atomic mass is 10.2. The Balaban J connectivity index is 1.70. The van der Waals surface area contributed by atoms with E-state index in [1.165, 1.54) is 6.21 Å². The fraction of sp³-hybridized carbons (Fsp3) is 0.111. The number of rotatable bonds is 6. The first kappa shape index (κ1) is 16.0. The third-order valence-corrected chi connectivity index (χ3v) is 4.32. The van der Waals surface area contributed by atoms with E-state index in [9.17, 15) is 0 Å². The van der Waals surface area contributed by atoms with Gasteiger partial charge in [0.05, 0.1) is 19.0 Å². The highest BCUT2D eigenvalue weighted by Crippen LogP contribution is 2.26. The summed E-state index contributed by atoms with van der Waals surface area (Å²) in [6.07, 6.45) is 1.35. The van der Waals surface area contributed by atoms with Crippen LogP contribution in [0, 0.1) is 0 Å². The highest BCUT2D eigenvalue weighted by molar-refractivity contribution is 7.13. The summed E-state index contributed by atoms with van der Waals surface area (Å²) >= 11 is 1.57. The number of oxime groups is 1. The third kappa shape index (κ3) is 3.72. The second kappa shape index (κ2) is 7.61. The SMILES string of the molecule is COc1ccc(-c2nc(COc3ccccc3C=NO)cs2)cc1. The number of benzene rings is 2. The molecule has 1 N–H and O–H groups in total. The van der Waals surface area contributed by atoms with E-state index in [1.807, 2.05) is 53.9 Å². The molecule has 0 amide bonds. The highest BCUT2D eigenvalue weighted by atomic mass is 32.1.